The van der Waals surface area contributed by atoms with Crippen molar-refractivity contribution in [2.24, 2.45) is 5.41 Å². The predicted molar refractivity (Wildman–Crippen MR) is 103 cm³/mol. The van der Waals surface area contributed by atoms with Crippen LogP contribution in [-0.4, -0.2) is 43.7 Å². The highest BCUT2D eigenvalue weighted by Gasteiger charge is 2.45. The number of ether oxygens (including phenoxy) is 1. The third kappa shape index (κ3) is 4.04. The van der Waals surface area contributed by atoms with Crippen LogP contribution in [0.1, 0.15) is 17.5 Å². The van der Waals surface area contributed by atoms with E-state index in [1.165, 1.54) is 23.3 Å². The maximum absolute atomic E-state index is 13.2. The van der Waals surface area contributed by atoms with Gasteiger partial charge < -0.3 is 9.64 Å². The van der Waals surface area contributed by atoms with Gasteiger partial charge in [0, 0.05) is 43.7 Å². The summed E-state index contributed by atoms with van der Waals surface area (Å²) in [6, 6.07) is 14.7. The van der Waals surface area contributed by atoms with Crippen LogP contribution in [0.2, 0.25) is 0 Å². The van der Waals surface area contributed by atoms with E-state index in [4.69, 9.17) is 4.74 Å². The molecule has 2 saturated heterocycles. The number of carbonyl (C=O) groups excluding carboxylic acids is 1. The molecule has 0 bridgehead atoms. The first-order valence-corrected chi connectivity index (χ1v) is 9.45. The third-order valence-corrected chi connectivity index (χ3v) is 5.47. The molecule has 2 heterocycles. The Bertz CT molecular complexity index is 823. The molecule has 0 N–H and O–H groups in total. The van der Waals surface area contributed by atoms with Crippen molar-refractivity contribution in [3.05, 3.63) is 65.5 Å². The Balaban J connectivity index is 1.51. The highest BCUT2D eigenvalue weighted by Crippen LogP contribution is 2.37. The number of carbonyl (C=O) groups is 1. The van der Waals surface area contributed by atoms with Crippen LogP contribution in [0, 0.1) is 18.2 Å². The maximum atomic E-state index is 13.2. The molecule has 5 heteroatoms. The predicted octanol–water partition coefficient (Wildman–Crippen LogP) is 3.39. The summed E-state index contributed by atoms with van der Waals surface area (Å²) < 4.78 is 19.1. The van der Waals surface area contributed by atoms with E-state index in [0.29, 0.717) is 26.2 Å². The highest BCUT2D eigenvalue weighted by atomic mass is 19.1. The topological polar surface area (TPSA) is 32.8 Å². The Hall–Kier alpha value is -2.24. The lowest BCUT2D eigenvalue weighted by atomic mass is 9.87. The van der Waals surface area contributed by atoms with Crippen LogP contribution in [0.15, 0.2) is 48.5 Å². The number of anilines is 1. The number of amides is 1. The lowest BCUT2D eigenvalue weighted by Crippen LogP contribution is -2.40. The first-order valence-electron chi connectivity index (χ1n) is 9.45. The first-order chi connectivity index (χ1) is 13.0. The average molecular weight is 368 g/mol. The van der Waals surface area contributed by atoms with E-state index in [-0.39, 0.29) is 17.1 Å². The second-order valence-electron chi connectivity index (χ2n) is 7.89. The Morgan fingerprint density at radius 2 is 1.96 bits per heavy atom. The van der Waals surface area contributed by atoms with Gasteiger partial charge in [0.25, 0.3) is 0 Å². The van der Waals surface area contributed by atoms with Crippen LogP contribution >= 0.6 is 0 Å². The quantitative estimate of drug-likeness (QED) is 0.833. The minimum Gasteiger partial charge on any atom is -0.379 e. The molecule has 4 nitrogen and oxygen atoms in total. The molecule has 142 valence electrons. The molecule has 0 aliphatic carbocycles. The number of halogens is 1. The molecule has 2 fully saturated rings. The van der Waals surface area contributed by atoms with E-state index in [1.807, 2.05) is 0 Å². The van der Waals surface area contributed by atoms with Crippen LogP contribution in [0.3, 0.4) is 0 Å². The van der Waals surface area contributed by atoms with Crippen molar-refractivity contribution in [3.8, 4) is 0 Å². The summed E-state index contributed by atoms with van der Waals surface area (Å²) in [4.78, 5) is 16.9. The van der Waals surface area contributed by atoms with Gasteiger partial charge in [-0.2, -0.15) is 0 Å². The number of aryl methyl sites for hydroxylation is 1. The summed E-state index contributed by atoms with van der Waals surface area (Å²) in [5, 5.41) is 0. The average Bonchev–Trinajstić information content (AvgIpc) is 2.82. The smallest absolute Gasteiger partial charge is 0.227 e. The van der Waals surface area contributed by atoms with Gasteiger partial charge in [0.2, 0.25) is 5.91 Å². The minimum atomic E-state index is -0.290. The molecule has 1 amide bonds. The van der Waals surface area contributed by atoms with E-state index < -0.39 is 0 Å². The van der Waals surface area contributed by atoms with Gasteiger partial charge in [0.05, 0.1) is 13.2 Å². The summed E-state index contributed by atoms with van der Waals surface area (Å²) in [5.41, 5.74) is 3.08. The van der Waals surface area contributed by atoms with Gasteiger partial charge in [-0.3, -0.25) is 9.69 Å². The van der Waals surface area contributed by atoms with Crippen molar-refractivity contribution in [2.45, 2.75) is 19.9 Å². The van der Waals surface area contributed by atoms with Crippen molar-refractivity contribution in [2.75, 3.05) is 37.7 Å². The molecular weight excluding hydrogens is 343 g/mol. The molecule has 1 spiro atoms. The van der Waals surface area contributed by atoms with Crippen molar-refractivity contribution in [3.63, 3.8) is 0 Å². The fraction of sp³-hybridized carbons (Fsp3) is 0.409. The van der Waals surface area contributed by atoms with Crippen LogP contribution < -0.4 is 4.90 Å². The van der Waals surface area contributed by atoms with E-state index >= 15 is 0 Å². The van der Waals surface area contributed by atoms with Crippen LogP contribution in [-0.2, 0) is 16.1 Å². The highest BCUT2D eigenvalue weighted by molar-refractivity contribution is 5.96. The molecule has 2 aliphatic rings. The van der Waals surface area contributed by atoms with Crippen molar-refractivity contribution < 1.29 is 13.9 Å². The minimum absolute atomic E-state index is 0.0858. The standard InChI is InChI=1S/C22H25FN2O2/c1-17-3-2-4-18(11-17)13-24-9-10-27-16-22(14-24)12-21(26)25(15-22)20-7-5-19(23)6-8-20/h2-8,11H,9-10,12-16H2,1H3/t22-/m1/s1. The Morgan fingerprint density at radius 1 is 1.15 bits per heavy atom. The Kier molecular flexibility index (Phi) is 4.98. The van der Waals surface area contributed by atoms with Gasteiger partial charge in [-0.15, -0.1) is 0 Å². The molecule has 4 rings (SSSR count). The van der Waals surface area contributed by atoms with E-state index in [1.54, 1.807) is 17.0 Å². The van der Waals surface area contributed by atoms with E-state index in [9.17, 15) is 9.18 Å². The number of benzene rings is 2. The molecule has 0 unspecified atom stereocenters. The number of nitrogens with zero attached hydrogens (tertiary/aromatic N) is 2. The monoisotopic (exact) mass is 368 g/mol. The molecule has 0 saturated carbocycles. The summed E-state index contributed by atoms with van der Waals surface area (Å²) >= 11 is 0. The van der Waals surface area contributed by atoms with Crippen molar-refractivity contribution in [1.82, 2.24) is 4.90 Å². The van der Waals surface area contributed by atoms with E-state index in [2.05, 4.69) is 36.1 Å². The molecule has 1 atom stereocenters. The van der Waals surface area contributed by atoms with Gasteiger partial charge in [-0.25, -0.2) is 4.39 Å². The normalized spacial score (nSPS) is 23.8. The first kappa shape index (κ1) is 18.1. The lowest BCUT2D eigenvalue weighted by molar-refractivity contribution is -0.118. The number of hydrogen-bond donors (Lipinski definition) is 0. The molecular formula is C22H25FN2O2. The largest absolute Gasteiger partial charge is 0.379 e. The van der Waals surface area contributed by atoms with E-state index in [0.717, 1.165) is 25.3 Å². The summed E-state index contributed by atoms with van der Waals surface area (Å²) in [5.74, 6) is -0.204. The summed E-state index contributed by atoms with van der Waals surface area (Å²) in [7, 11) is 0. The molecule has 0 radical (unpaired) electrons. The fourth-order valence-corrected chi connectivity index (χ4v) is 4.24. The second-order valence-corrected chi connectivity index (χ2v) is 7.89. The zero-order valence-electron chi connectivity index (χ0n) is 15.7. The number of hydrogen-bond acceptors (Lipinski definition) is 3. The third-order valence-electron chi connectivity index (χ3n) is 5.47. The molecule has 2 aliphatic heterocycles. The SMILES string of the molecule is Cc1cccc(CN2CCOC[C@]3(CC(=O)N(c4ccc(F)cc4)C3)C2)c1. The maximum Gasteiger partial charge on any atom is 0.227 e. The Labute approximate surface area is 159 Å². The van der Waals surface area contributed by atoms with Gasteiger partial charge in [0.1, 0.15) is 5.82 Å². The van der Waals surface area contributed by atoms with Crippen molar-refractivity contribution in [1.29, 1.82) is 0 Å². The Morgan fingerprint density at radius 3 is 2.74 bits per heavy atom. The van der Waals surface area contributed by atoms with Crippen LogP contribution in [0.25, 0.3) is 0 Å². The fourth-order valence-electron chi connectivity index (χ4n) is 4.24. The molecule has 27 heavy (non-hydrogen) atoms. The van der Waals surface area contributed by atoms with Crippen molar-refractivity contribution >= 4 is 11.6 Å². The molecule has 2 aromatic carbocycles. The zero-order valence-corrected chi connectivity index (χ0v) is 15.7. The van der Waals surface area contributed by atoms with Gasteiger partial charge >= 0.3 is 0 Å². The molecule has 2 aromatic rings. The van der Waals surface area contributed by atoms with Crippen LogP contribution in [0.4, 0.5) is 10.1 Å². The summed E-state index contributed by atoms with van der Waals surface area (Å²) in [6.07, 6.45) is 0.467. The van der Waals surface area contributed by atoms with Crippen LogP contribution in [0.5, 0.6) is 0 Å². The second kappa shape index (κ2) is 7.41. The van der Waals surface area contributed by atoms with Gasteiger partial charge in [-0.05, 0) is 36.8 Å². The lowest BCUT2D eigenvalue weighted by Gasteiger charge is -2.31. The molecule has 0 aromatic heterocycles. The number of rotatable bonds is 3. The van der Waals surface area contributed by atoms with Gasteiger partial charge in [-0.1, -0.05) is 29.8 Å². The summed E-state index contributed by atoms with van der Waals surface area (Å²) in [6.45, 7) is 6.52. The zero-order chi connectivity index (χ0) is 18.9. The van der Waals surface area contributed by atoms with Gasteiger partial charge in [0.15, 0.2) is 0 Å².